The fourth-order valence-electron chi connectivity index (χ4n) is 2.57. The van der Waals surface area contributed by atoms with Crippen molar-refractivity contribution >= 4 is 46.4 Å². The van der Waals surface area contributed by atoms with Gasteiger partial charge in [-0.2, -0.15) is 5.10 Å². The van der Waals surface area contributed by atoms with Gasteiger partial charge in [-0.1, -0.05) is 43.1 Å². The normalized spacial score (nSPS) is 11.0. The summed E-state index contributed by atoms with van der Waals surface area (Å²) in [6, 6.07) is 7.34. The number of thiocarbonyl (C=S) groups is 1. The Hall–Kier alpha value is -1.34. The van der Waals surface area contributed by atoms with Gasteiger partial charge in [0.25, 0.3) is 0 Å². The fraction of sp³-hybridized carbons (Fsp3) is 0.444. The van der Waals surface area contributed by atoms with Crippen molar-refractivity contribution in [1.82, 2.24) is 20.0 Å². The smallest absolute Gasteiger partial charge is 0.171 e. The molecule has 0 saturated carbocycles. The van der Waals surface area contributed by atoms with Crippen molar-refractivity contribution in [3.8, 4) is 0 Å². The van der Waals surface area contributed by atoms with Gasteiger partial charge in [0.1, 0.15) is 0 Å². The van der Waals surface area contributed by atoms with Crippen LogP contribution in [-0.2, 0) is 6.54 Å². The number of hydrogen-bond donors (Lipinski definition) is 2. The van der Waals surface area contributed by atoms with Crippen LogP contribution in [0.15, 0.2) is 30.5 Å². The molecule has 8 heteroatoms. The highest BCUT2D eigenvalue weighted by Gasteiger charge is 2.08. The molecule has 2 aromatic rings. The number of benzene rings is 1. The van der Waals surface area contributed by atoms with E-state index < -0.39 is 0 Å². The molecule has 0 saturated heterocycles. The maximum atomic E-state index is 6.21. The zero-order valence-corrected chi connectivity index (χ0v) is 17.5. The SMILES string of the molecule is CCN(CC)CCCNC(=S)Nc1ccn(Cc2c(Cl)cccc2Cl)n1. The molecule has 0 bridgehead atoms. The second-order valence-corrected chi connectivity index (χ2v) is 7.08. The lowest BCUT2D eigenvalue weighted by atomic mass is 10.2. The van der Waals surface area contributed by atoms with Crippen molar-refractivity contribution in [3.05, 3.63) is 46.1 Å². The summed E-state index contributed by atoms with van der Waals surface area (Å²) in [5.74, 6) is 0.689. The molecule has 26 heavy (non-hydrogen) atoms. The third kappa shape index (κ3) is 6.43. The largest absolute Gasteiger partial charge is 0.362 e. The van der Waals surface area contributed by atoms with E-state index in [1.807, 2.05) is 30.5 Å². The second kappa shape index (κ2) is 10.7. The van der Waals surface area contributed by atoms with Crippen LogP contribution >= 0.6 is 35.4 Å². The average molecular weight is 414 g/mol. The highest BCUT2D eigenvalue weighted by atomic mass is 35.5. The first-order chi connectivity index (χ1) is 12.5. The number of anilines is 1. The van der Waals surface area contributed by atoms with Crippen LogP contribution in [0, 0.1) is 0 Å². The first-order valence-electron chi connectivity index (χ1n) is 8.77. The monoisotopic (exact) mass is 413 g/mol. The molecule has 0 atom stereocenters. The summed E-state index contributed by atoms with van der Waals surface area (Å²) in [5, 5.41) is 12.6. The van der Waals surface area contributed by atoms with Gasteiger partial charge in [-0.25, -0.2) is 0 Å². The third-order valence-corrected chi connectivity index (χ3v) is 5.05. The van der Waals surface area contributed by atoms with E-state index in [2.05, 4.69) is 34.5 Å². The van der Waals surface area contributed by atoms with Gasteiger partial charge in [0.05, 0.1) is 6.54 Å². The van der Waals surface area contributed by atoms with Crippen molar-refractivity contribution in [3.63, 3.8) is 0 Å². The van der Waals surface area contributed by atoms with Gasteiger partial charge in [-0.3, -0.25) is 4.68 Å². The number of aromatic nitrogens is 2. The Morgan fingerprint density at radius 2 is 1.88 bits per heavy atom. The molecule has 1 aromatic carbocycles. The van der Waals surface area contributed by atoms with E-state index in [4.69, 9.17) is 35.4 Å². The Morgan fingerprint density at radius 1 is 1.19 bits per heavy atom. The number of hydrogen-bond acceptors (Lipinski definition) is 3. The van der Waals surface area contributed by atoms with Crippen LogP contribution in [0.4, 0.5) is 5.82 Å². The van der Waals surface area contributed by atoms with Gasteiger partial charge in [0, 0.05) is 34.4 Å². The summed E-state index contributed by atoms with van der Waals surface area (Å²) in [5.41, 5.74) is 0.850. The molecule has 0 aliphatic heterocycles. The summed E-state index contributed by atoms with van der Waals surface area (Å²) < 4.78 is 1.78. The lowest BCUT2D eigenvalue weighted by Gasteiger charge is -2.18. The van der Waals surface area contributed by atoms with Crippen molar-refractivity contribution in [2.45, 2.75) is 26.8 Å². The van der Waals surface area contributed by atoms with Gasteiger partial charge in [-0.05, 0) is 50.4 Å². The van der Waals surface area contributed by atoms with E-state index in [1.165, 1.54) is 0 Å². The maximum Gasteiger partial charge on any atom is 0.171 e. The summed E-state index contributed by atoms with van der Waals surface area (Å²) in [7, 11) is 0. The topological polar surface area (TPSA) is 45.1 Å². The standard InChI is InChI=1S/C18H25Cl2N5S/c1-3-24(4-2)11-6-10-21-18(26)22-17-9-12-25(23-17)13-14-15(19)7-5-8-16(14)20/h5,7-9,12H,3-4,6,10-11,13H2,1-2H3,(H2,21,22,23,26). The highest BCUT2D eigenvalue weighted by Crippen LogP contribution is 2.25. The quantitative estimate of drug-likeness (QED) is 0.474. The first kappa shape index (κ1) is 21.0. The molecule has 0 unspecified atom stereocenters. The van der Waals surface area contributed by atoms with Crippen LogP contribution in [0.1, 0.15) is 25.8 Å². The van der Waals surface area contributed by atoms with Crippen LogP contribution < -0.4 is 10.6 Å². The Balaban J connectivity index is 1.80. The van der Waals surface area contributed by atoms with Crippen LogP contribution in [0.25, 0.3) is 0 Å². The minimum atomic E-state index is 0.504. The Morgan fingerprint density at radius 3 is 2.54 bits per heavy atom. The van der Waals surface area contributed by atoms with Gasteiger partial charge in [0.2, 0.25) is 0 Å². The lowest BCUT2D eigenvalue weighted by molar-refractivity contribution is 0.300. The summed E-state index contributed by atoms with van der Waals surface area (Å²) in [4.78, 5) is 2.39. The van der Waals surface area contributed by atoms with E-state index in [-0.39, 0.29) is 0 Å². The molecule has 5 nitrogen and oxygen atoms in total. The number of rotatable bonds is 9. The summed E-state index contributed by atoms with van der Waals surface area (Å²) in [6.07, 6.45) is 2.91. The lowest BCUT2D eigenvalue weighted by Crippen LogP contribution is -2.32. The molecule has 0 spiro atoms. The summed E-state index contributed by atoms with van der Waals surface area (Å²) >= 11 is 17.7. The average Bonchev–Trinajstić information content (AvgIpc) is 3.05. The van der Waals surface area contributed by atoms with Gasteiger partial charge >= 0.3 is 0 Å². The predicted octanol–water partition coefficient (Wildman–Crippen LogP) is 4.26. The van der Waals surface area contributed by atoms with Crippen molar-refractivity contribution in [2.75, 3.05) is 31.5 Å². The van der Waals surface area contributed by atoms with Crippen molar-refractivity contribution in [2.24, 2.45) is 0 Å². The molecule has 142 valence electrons. The zero-order valence-electron chi connectivity index (χ0n) is 15.1. The van der Waals surface area contributed by atoms with Gasteiger partial charge in [-0.15, -0.1) is 0 Å². The maximum absolute atomic E-state index is 6.21. The van der Waals surface area contributed by atoms with Crippen LogP contribution in [-0.4, -0.2) is 46.0 Å². The van der Waals surface area contributed by atoms with E-state index >= 15 is 0 Å². The summed E-state index contributed by atoms with van der Waals surface area (Å²) in [6.45, 7) is 8.90. The third-order valence-electron chi connectivity index (χ3n) is 4.10. The van der Waals surface area contributed by atoms with Crippen LogP contribution in [0.2, 0.25) is 10.0 Å². The molecule has 0 aliphatic rings. The first-order valence-corrected chi connectivity index (χ1v) is 9.93. The van der Waals surface area contributed by atoms with Crippen LogP contribution in [0.5, 0.6) is 0 Å². The van der Waals surface area contributed by atoms with E-state index in [0.29, 0.717) is 27.5 Å². The minimum Gasteiger partial charge on any atom is -0.362 e. The van der Waals surface area contributed by atoms with E-state index in [1.54, 1.807) is 4.68 Å². The molecule has 0 amide bonds. The number of nitrogens with one attached hydrogen (secondary N) is 2. The van der Waals surface area contributed by atoms with Gasteiger partial charge in [0.15, 0.2) is 10.9 Å². The molecule has 0 fully saturated rings. The molecule has 2 rings (SSSR count). The minimum absolute atomic E-state index is 0.504. The van der Waals surface area contributed by atoms with E-state index in [0.717, 1.165) is 38.2 Å². The number of halogens is 2. The molecular weight excluding hydrogens is 389 g/mol. The molecule has 0 aliphatic carbocycles. The Kier molecular flexibility index (Phi) is 8.65. The molecule has 2 N–H and O–H groups in total. The molecule has 0 radical (unpaired) electrons. The highest BCUT2D eigenvalue weighted by molar-refractivity contribution is 7.80. The van der Waals surface area contributed by atoms with Crippen molar-refractivity contribution < 1.29 is 0 Å². The predicted molar refractivity (Wildman–Crippen MR) is 114 cm³/mol. The molecule has 1 heterocycles. The fourth-order valence-corrected chi connectivity index (χ4v) is 3.29. The molecule has 1 aromatic heterocycles. The van der Waals surface area contributed by atoms with E-state index in [9.17, 15) is 0 Å². The number of nitrogens with zero attached hydrogens (tertiary/aromatic N) is 3. The Bertz CT molecular complexity index is 695. The molecular formula is C18H25Cl2N5S. The van der Waals surface area contributed by atoms with Crippen molar-refractivity contribution in [1.29, 1.82) is 0 Å². The van der Waals surface area contributed by atoms with Gasteiger partial charge < -0.3 is 15.5 Å². The second-order valence-electron chi connectivity index (χ2n) is 5.86. The Labute approximate surface area is 170 Å². The van der Waals surface area contributed by atoms with Crippen LogP contribution in [0.3, 0.4) is 0 Å². The zero-order chi connectivity index (χ0) is 18.9.